The fourth-order valence-electron chi connectivity index (χ4n) is 9.92. The maximum Gasteiger partial charge on any atom is 0.409 e. The number of aryl methyl sites for hydroxylation is 1. The molecule has 2 N–H and O–H groups in total. The van der Waals surface area contributed by atoms with Crippen LogP contribution in [0.25, 0.3) is 0 Å². The summed E-state index contributed by atoms with van der Waals surface area (Å²) in [5.41, 5.74) is 0.386. The van der Waals surface area contributed by atoms with E-state index in [-0.39, 0.29) is 63.0 Å². The van der Waals surface area contributed by atoms with Crippen molar-refractivity contribution in [2.75, 3.05) is 37.5 Å². The quantitative estimate of drug-likeness (QED) is 0.118. The Balaban J connectivity index is 0.918. The number of esters is 1. The van der Waals surface area contributed by atoms with E-state index in [2.05, 4.69) is 5.32 Å². The number of nitrogens with one attached hydrogen (secondary N) is 1. The van der Waals surface area contributed by atoms with E-state index in [9.17, 15) is 43.5 Å². The second-order valence-corrected chi connectivity index (χ2v) is 21.2. The first kappa shape index (κ1) is 52.0. The number of aliphatic hydroxyl groups is 1. The number of halogens is 1. The van der Waals surface area contributed by atoms with E-state index in [0.29, 0.717) is 60.1 Å². The van der Waals surface area contributed by atoms with Gasteiger partial charge in [0.15, 0.2) is 0 Å². The van der Waals surface area contributed by atoms with Gasteiger partial charge < -0.3 is 33.8 Å². The van der Waals surface area contributed by atoms with E-state index in [0.717, 1.165) is 16.7 Å². The zero-order valence-corrected chi connectivity index (χ0v) is 41.6. The number of rotatable bonds is 12. The number of imide groups is 2. The highest BCUT2D eigenvalue weighted by Gasteiger charge is 2.64. The van der Waals surface area contributed by atoms with Crippen LogP contribution in [0.1, 0.15) is 103 Å². The average molecular weight is 1000 g/mol. The number of hydrogen-bond donors (Lipinski definition) is 2. The zero-order chi connectivity index (χ0) is 49.9. The van der Waals surface area contributed by atoms with Crippen LogP contribution in [0.15, 0.2) is 35.9 Å². The summed E-state index contributed by atoms with van der Waals surface area (Å²) in [4.78, 5) is 111. The Morgan fingerprint density at radius 1 is 0.986 bits per heavy atom. The predicted octanol–water partition coefficient (Wildman–Crippen LogP) is 5.27. The van der Waals surface area contributed by atoms with Gasteiger partial charge in [-0.05, 0) is 88.2 Å². The standard InChI is InChI=1S/C49H63ClN4O14S/c1-27-9-7-10-29(3)49(63)24-35(65-47(62)51-49)30(4)44-48(5,67-44)37(23-40(57)52(6)34-21-32(19-27)20-28(2)43(34)50)66-42(59)26-64-17-8-18-69-36-22-41(58)53(45(36)60)25-31-11-13-33(14-12-31)46(61)68-54-38(55)15-16-39(54)56/h7,9-10,20-21,29-31,33,35-37,44,63H,8,11-19,22-26H2,1-6H3,(H,51,62)/b10-7+,27-9+/t29-,30-,31?,33?,35+,36?,37+,44+,48+,49+/m1/s1. The number of amides is 6. The van der Waals surface area contributed by atoms with Gasteiger partial charge in [-0.2, -0.15) is 0 Å². The van der Waals surface area contributed by atoms with Gasteiger partial charge in [-0.1, -0.05) is 55.3 Å². The molecule has 5 fully saturated rings. The molecule has 6 aliphatic rings. The Morgan fingerprint density at radius 2 is 1.70 bits per heavy atom. The van der Waals surface area contributed by atoms with Crippen molar-refractivity contribution >= 4 is 76.6 Å². The van der Waals surface area contributed by atoms with E-state index >= 15 is 0 Å². The van der Waals surface area contributed by atoms with E-state index in [4.69, 9.17) is 35.4 Å². The molecule has 1 aliphatic carbocycles. The maximum atomic E-state index is 14.1. The van der Waals surface area contributed by atoms with Crippen molar-refractivity contribution in [1.29, 1.82) is 0 Å². The number of alkyl carbamates (subject to hydrolysis) is 1. The van der Waals surface area contributed by atoms with E-state index in [1.165, 1.54) is 21.6 Å². The fourth-order valence-corrected chi connectivity index (χ4v) is 11.3. The van der Waals surface area contributed by atoms with E-state index < -0.39 is 95.0 Å². The van der Waals surface area contributed by atoms with Gasteiger partial charge in [-0.25, -0.2) is 14.4 Å². The highest BCUT2D eigenvalue weighted by atomic mass is 35.5. The first-order valence-electron chi connectivity index (χ1n) is 23.8. The number of anilines is 1. The molecule has 376 valence electrons. The number of benzene rings is 1. The average Bonchev–Trinajstić information content (AvgIpc) is 3.81. The summed E-state index contributed by atoms with van der Waals surface area (Å²) in [6.45, 7) is 9.16. The molecule has 0 spiro atoms. The SMILES string of the molecule is C/C1=C\C=C\[C@@H](C)[C@@]2(O)C[C@H](OC(=O)N2)[C@@H](C)[C@@H]2O[C@@]2(C)[C@@H](OC(=O)COCCCSC2CC(=O)N(CC3CCC(C(=O)ON4C(=O)CCC4=O)CC3)C2=O)CC(=O)N(C)c2cc(cc(C)c2Cl)C1. The minimum Gasteiger partial charge on any atom is -0.457 e. The largest absolute Gasteiger partial charge is 0.457 e. The zero-order valence-electron chi connectivity index (χ0n) is 40.0. The summed E-state index contributed by atoms with van der Waals surface area (Å²) in [6, 6.07) is 3.82. The third-order valence-electron chi connectivity index (χ3n) is 14.3. The van der Waals surface area contributed by atoms with Crippen LogP contribution in [0, 0.1) is 30.6 Å². The molecule has 20 heteroatoms. The number of likely N-dealkylation sites (tertiary alicyclic amines) is 1. The third-order valence-corrected chi connectivity index (χ3v) is 16.1. The molecule has 1 saturated carbocycles. The Labute approximate surface area is 411 Å². The van der Waals surface area contributed by atoms with Crippen molar-refractivity contribution in [3.63, 3.8) is 0 Å². The molecule has 4 saturated heterocycles. The molecule has 1 aromatic rings. The van der Waals surface area contributed by atoms with Crippen LogP contribution in [0.2, 0.25) is 5.02 Å². The van der Waals surface area contributed by atoms with Gasteiger partial charge >= 0.3 is 18.0 Å². The number of allylic oxidation sites excluding steroid dienone is 3. The highest BCUT2D eigenvalue weighted by molar-refractivity contribution is 8.00. The predicted molar refractivity (Wildman–Crippen MR) is 251 cm³/mol. The lowest BCUT2D eigenvalue weighted by atomic mass is 9.82. The molecular weight excluding hydrogens is 936 g/mol. The van der Waals surface area contributed by atoms with Crippen molar-refractivity contribution in [1.82, 2.24) is 15.3 Å². The number of carbonyl (C=O) groups excluding carboxylic acids is 8. The summed E-state index contributed by atoms with van der Waals surface area (Å²) in [5.74, 6) is -4.32. The highest BCUT2D eigenvalue weighted by Crippen LogP contribution is 2.49. The first-order chi connectivity index (χ1) is 32.7. The number of thioether (sulfide) groups is 1. The summed E-state index contributed by atoms with van der Waals surface area (Å²) in [5, 5.41) is 14.7. The molecule has 69 heavy (non-hydrogen) atoms. The number of fused-ring (bicyclic) bond motifs is 5. The molecule has 1 unspecified atom stereocenters. The normalized spacial score (nSPS) is 33.3. The maximum absolute atomic E-state index is 14.1. The second kappa shape index (κ2) is 21.7. The molecule has 4 bridgehead atoms. The Bertz CT molecular complexity index is 2270. The minimum absolute atomic E-state index is 0.00794. The van der Waals surface area contributed by atoms with Crippen LogP contribution in [0.3, 0.4) is 0 Å². The lowest BCUT2D eigenvalue weighted by Gasteiger charge is -2.41. The molecule has 8 atom stereocenters. The third kappa shape index (κ3) is 12.0. The summed E-state index contributed by atoms with van der Waals surface area (Å²) in [7, 11) is 1.61. The molecule has 5 heterocycles. The van der Waals surface area contributed by atoms with Gasteiger partial charge in [-0.3, -0.25) is 34.2 Å². The van der Waals surface area contributed by atoms with Crippen LogP contribution in [-0.2, 0) is 63.8 Å². The molecule has 0 radical (unpaired) electrons. The molecular formula is C49H63ClN4O14S. The number of carbonyl (C=O) groups is 8. The Hall–Kier alpha value is -4.82. The number of hydrogen-bond acceptors (Lipinski definition) is 15. The summed E-state index contributed by atoms with van der Waals surface area (Å²) >= 11 is 8.13. The smallest absolute Gasteiger partial charge is 0.409 e. The monoisotopic (exact) mass is 998 g/mol. The molecule has 1 aromatic carbocycles. The molecule has 0 aromatic heterocycles. The molecule has 7 rings (SSSR count). The van der Waals surface area contributed by atoms with Crippen LogP contribution in [0.4, 0.5) is 10.5 Å². The van der Waals surface area contributed by atoms with Gasteiger partial charge in [0, 0.05) is 57.7 Å². The lowest BCUT2D eigenvalue weighted by Crippen LogP contribution is -2.60. The van der Waals surface area contributed by atoms with Crippen LogP contribution in [-0.4, -0.2) is 130 Å². The van der Waals surface area contributed by atoms with Gasteiger partial charge in [0.2, 0.25) is 17.7 Å². The fraction of sp³-hybridized carbons (Fsp3) is 0.633. The first-order valence-corrected chi connectivity index (χ1v) is 25.2. The summed E-state index contributed by atoms with van der Waals surface area (Å²) < 4.78 is 23.7. The van der Waals surface area contributed by atoms with Crippen molar-refractivity contribution in [3.8, 4) is 0 Å². The van der Waals surface area contributed by atoms with Crippen molar-refractivity contribution in [2.24, 2.45) is 23.7 Å². The van der Waals surface area contributed by atoms with Gasteiger partial charge in [0.1, 0.15) is 30.1 Å². The molecule has 18 nitrogen and oxygen atoms in total. The van der Waals surface area contributed by atoms with Gasteiger partial charge in [0.05, 0.1) is 34.4 Å². The minimum atomic E-state index is -1.63. The number of epoxide rings is 1. The Kier molecular flexibility index (Phi) is 16.3. The number of nitrogens with zero attached hydrogens (tertiary/aromatic N) is 3. The topological polar surface area (TPSA) is 228 Å². The van der Waals surface area contributed by atoms with Gasteiger partial charge in [-0.15, -0.1) is 16.8 Å². The van der Waals surface area contributed by atoms with Gasteiger partial charge in [0.25, 0.3) is 11.8 Å². The Morgan fingerprint density at radius 3 is 2.41 bits per heavy atom. The van der Waals surface area contributed by atoms with Crippen molar-refractivity contribution < 1.29 is 67.2 Å². The van der Waals surface area contributed by atoms with E-state index in [1.807, 2.05) is 51.1 Å². The van der Waals surface area contributed by atoms with Crippen LogP contribution < -0.4 is 10.2 Å². The summed E-state index contributed by atoms with van der Waals surface area (Å²) in [6.07, 6.45) is 5.27. The number of hydroxylamine groups is 2. The molecule has 6 amide bonds. The van der Waals surface area contributed by atoms with Crippen LogP contribution in [0.5, 0.6) is 0 Å². The van der Waals surface area contributed by atoms with Crippen molar-refractivity contribution in [2.45, 2.75) is 140 Å². The lowest BCUT2D eigenvalue weighted by molar-refractivity contribution is -0.201. The van der Waals surface area contributed by atoms with Crippen LogP contribution >= 0.6 is 23.4 Å². The molecule has 5 aliphatic heterocycles. The van der Waals surface area contributed by atoms with Crippen molar-refractivity contribution in [3.05, 3.63) is 52.1 Å². The van der Waals surface area contributed by atoms with E-state index in [1.54, 1.807) is 20.9 Å². The number of ether oxygens (including phenoxy) is 4. The second-order valence-electron chi connectivity index (χ2n) is 19.5.